The first-order valence-electron chi connectivity index (χ1n) is 5.42. The Morgan fingerprint density at radius 2 is 2.29 bits per heavy atom. The fourth-order valence-electron chi connectivity index (χ4n) is 1.37. The fourth-order valence-corrected chi connectivity index (χ4v) is 1.82. The van der Waals surface area contributed by atoms with Gasteiger partial charge in [0.05, 0.1) is 16.1 Å². The van der Waals surface area contributed by atoms with E-state index in [0.29, 0.717) is 19.4 Å². The lowest BCUT2D eigenvalue weighted by atomic mass is 10.2. The average molecular weight is 304 g/mol. The summed E-state index contributed by atoms with van der Waals surface area (Å²) in [6.45, 7) is 2.16. The van der Waals surface area contributed by atoms with Crippen LogP contribution in [0.5, 0.6) is 0 Å². The van der Waals surface area contributed by atoms with Crippen molar-refractivity contribution < 1.29 is 14.3 Å². The minimum absolute atomic E-state index is 0.174. The van der Waals surface area contributed by atoms with Gasteiger partial charge in [0.2, 0.25) is 0 Å². The Morgan fingerprint density at radius 3 is 2.94 bits per heavy atom. The molecule has 1 unspecified atom stereocenters. The van der Waals surface area contributed by atoms with Gasteiger partial charge in [-0.05, 0) is 47.8 Å². The molecule has 0 bridgehead atoms. The Kier molecular flexibility index (Phi) is 5.58. The Morgan fingerprint density at radius 1 is 1.59 bits per heavy atom. The summed E-state index contributed by atoms with van der Waals surface area (Å²) in [5, 5.41) is 11.7. The van der Waals surface area contributed by atoms with Crippen LogP contribution in [-0.4, -0.2) is 23.7 Å². The molecule has 0 radical (unpaired) electrons. The van der Waals surface area contributed by atoms with Gasteiger partial charge in [-0.3, -0.25) is 4.79 Å². The van der Waals surface area contributed by atoms with Gasteiger partial charge in [-0.1, -0.05) is 6.07 Å². The Balaban J connectivity index is 2.50. The minimum atomic E-state index is -0.457. The molecule has 0 aromatic heterocycles. The van der Waals surface area contributed by atoms with Crippen molar-refractivity contribution in [1.82, 2.24) is 5.32 Å². The van der Waals surface area contributed by atoms with Crippen molar-refractivity contribution in [3.05, 3.63) is 34.1 Å². The highest BCUT2D eigenvalue weighted by Crippen LogP contribution is 2.20. The maximum Gasteiger partial charge on any atom is 0.252 e. The van der Waals surface area contributed by atoms with E-state index in [1.54, 1.807) is 13.0 Å². The van der Waals surface area contributed by atoms with Crippen LogP contribution >= 0.6 is 15.9 Å². The molecule has 1 atom stereocenters. The highest BCUT2D eigenvalue weighted by molar-refractivity contribution is 9.10. The average Bonchev–Trinajstić information content (AvgIpc) is 2.27. The Labute approximate surface area is 108 Å². The van der Waals surface area contributed by atoms with Crippen LogP contribution in [0.4, 0.5) is 4.39 Å². The van der Waals surface area contributed by atoms with Gasteiger partial charge in [-0.25, -0.2) is 4.39 Å². The number of carbonyl (C=O) groups is 1. The second-order valence-corrected chi connectivity index (χ2v) is 4.64. The molecule has 0 saturated carbocycles. The molecule has 0 saturated heterocycles. The van der Waals surface area contributed by atoms with Gasteiger partial charge in [-0.2, -0.15) is 0 Å². The summed E-state index contributed by atoms with van der Waals surface area (Å²) >= 11 is 3.04. The molecule has 1 rings (SSSR count). The van der Waals surface area contributed by atoms with Crippen LogP contribution in [-0.2, 0) is 0 Å². The molecule has 0 fully saturated rings. The van der Waals surface area contributed by atoms with Crippen molar-refractivity contribution >= 4 is 21.8 Å². The zero-order valence-electron chi connectivity index (χ0n) is 9.54. The van der Waals surface area contributed by atoms with Gasteiger partial charge >= 0.3 is 0 Å². The summed E-state index contributed by atoms with van der Waals surface area (Å²) in [6.07, 6.45) is 0.953. The summed E-state index contributed by atoms with van der Waals surface area (Å²) in [7, 11) is 0. The second-order valence-electron chi connectivity index (χ2n) is 3.85. The summed E-state index contributed by atoms with van der Waals surface area (Å²) in [6, 6.07) is 4.33. The van der Waals surface area contributed by atoms with Crippen molar-refractivity contribution in [3.63, 3.8) is 0 Å². The number of hydrogen-bond donors (Lipinski definition) is 2. The fraction of sp³-hybridized carbons (Fsp3) is 0.417. The predicted molar refractivity (Wildman–Crippen MR) is 67.3 cm³/mol. The lowest BCUT2D eigenvalue weighted by Gasteiger charge is -2.08. The second kappa shape index (κ2) is 6.71. The maximum atomic E-state index is 13.2. The molecule has 0 heterocycles. The molecule has 17 heavy (non-hydrogen) atoms. The third-order valence-electron chi connectivity index (χ3n) is 2.28. The molecule has 0 aliphatic rings. The largest absolute Gasteiger partial charge is 0.393 e. The maximum absolute atomic E-state index is 13.2. The molecule has 2 N–H and O–H groups in total. The first kappa shape index (κ1) is 14.1. The lowest BCUT2D eigenvalue weighted by molar-refractivity contribution is 0.0948. The standard InChI is InChI=1S/C12H15BrFNO2/c1-8(16)4-3-7-15-12(17)9-5-2-6-10(14)11(9)13/h2,5-6,8,16H,3-4,7H2,1H3,(H,15,17). The van der Waals surface area contributed by atoms with E-state index in [2.05, 4.69) is 21.2 Å². The predicted octanol–water partition coefficient (Wildman–Crippen LogP) is 2.48. The lowest BCUT2D eigenvalue weighted by Crippen LogP contribution is -2.25. The van der Waals surface area contributed by atoms with Gasteiger partial charge in [0.1, 0.15) is 5.82 Å². The molecule has 1 amide bonds. The summed E-state index contributed by atoms with van der Waals surface area (Å²) in [4.78, 5) is 11.7. The van der Waals surface area contributed by atoms with E-state index in [0.717, 1.165) is 0 Å². The van der Waals surface area contributed by atoms with E-state index >= 15 is 0 Å². The summed E-state index contributed by atoms with van der Waals surface area (Å²) in [5.74, 6) is -0.774. The summed E-state index contributed by atoms with van der Waals surface area (Å²) < 4.78 is 13.3. The van der Waals surface area contributed by atoms with Gasteiger partial charge in [0, 0.05) is 6.54 Å². The smallest absolute Gasteiger partial charge is 0.252 e. The van der Waals surface area contributed by atoms with E-state index < -0.39 is 5.82 Å². The number of nitrogens with one attached hydrogen (secondary N) is 1. The van der Waals surface area contributed by atoms with Crippen molar-refractivity contribution in [2.45, 2.75) is 25.9 Å². The van der Waals surface area contributed by atoms with Crippen LogP contribution < -0.4 is 5.32 Å². The van der Waals surface area contributed by atoms with Crippen LogP contribution in [0, 0.1) is 5.82 Å². The van der Waals surface area contributed by atoms with Crippen molar-refractivity contribution in [1.29, 1.82) is 0 Å². The van der Waals surface area contributed by atoms with Gasteiger partial charge in [0.25, 0.3) is 5.91 Å². The topological polar surface area (TPSA) is 49.3 Å². The Bertz CT molecular complexity index is 396. The molecule has 3 nitrogen and oxygen atoms in total. The molecule has 5 heteroatoms. The van der Waals surface area contributed by atoms with E-state index in [1.807, 2.05) is 0 Å². The number of hydrogen-bond acceptors (Lipinski definition) is 2. The molecular formula is C12H15BrFNO2. The number of benzene rings is 1. The first-order chi connectivity index (χ1) is 8.02. The van der Waals surface area contributed by atoms with E-state index in [4.69, 9.17) is 5.11 Å². The van der Waals surface area contributed by atoms with Crippen molar-refractivity contribution in [3.8, 4) is 0 Å². The molecule has 1 aromatic carbocycles. The number of halogens is 2. The third kappa shape index (κ3) is 4.44. The van der Waals surface area contributed by atoms with Gasteiger partial charge in [0.15, 0.2) is 0 Å². The zero-order valence-corrected chi connectivity index (χ0v) is 11.1. The van der Waals surface area contributed by atoms with Crippen LogP contribution in [0.2, 0.25) is 0 Å². The molecule has 0 spiro atoms. The highest BCUT2D eigenvalue weighted by atomic mass is 79.9. The molecule has 0 aliphatic carbocycles. The molecule has 0 aliphatic heterocycles. The van der Waals surface area contributed by atoms with Crippen LogP contribution in [0.15, 0.2) is 22.7 Å². The molecule has 1 aromatic rings. The van der Waals surface area contributed by atoms with Crippen molar-refractivity contribution in [2.24, 2.45) is 0 Å². The van der Waals surface area contributed by atoms with Crippen LogP contribution in [0.1, 0.15) is 30.1 Å². The first-order valence-corrected chi connectivity index (χ1v) is 6.22. The number of aliphatic hydroxyl groups excluding tert-OH is 1. The number of rotatable bonds is 5. The van der Waals surface area contributed by atoms with Gasteiger partial charge < -0.3 is 10.4 Å². The number of amides is 1. The third-order valence-corrected chi connectivity index (χ3v) is 3.09. The zero-order chi connectivity index (χ0) is 12.8. The molecular weight excluding hydrogens is 289 g/mol. The molecule has 94 valence electrons. The van der Waals surface area contributed by atoms with E-state index in [9.17, 15) is 9.18 Å². The SMILES string of the molecule is CC(O)CCCNC(=O)c1cccc(F)c1Br. The normalized spacial score (nSPS) is 12.2. The quantitative estimate of drug-likeness (QED) is 0.821. The van der Waals surface area contributed by atoms with E-state index in [-0.39, 0.29) is 22.0 Å². The number of aliphatic hydroxyl groups is 1. The van der Waals surface area contributed by atoms with Crippen LogP contribution in [0.25, 0.3) is 0 Å². The number of carbonyl (C=O) groups excluding carboxylic acids is 1. The Hall–Kier alpha value is -0.940. The monoisotopic (exact) mass is 303 g/mol. The van der Waals surface area contributed by atoms with Crippen molar-refractivity contribution in [2.75, 3.05) is 6.54 Å². The highest BCUT2D eigenvalue weighted by Gasteiger charge is 2.12. The van der Waals surface area contributed by atoms with E-state index in [1.165, 1.54) is 12.1 Å². The summed E-state index contributed by atoms with van der Waals surface area (Å²) in [5.41, 5.74) is 0.280. The van der Waals surface area contributed by atoms with Gasteiger partial charge in [-0.15, -0.1) is 0 Å². The van der Waals surface area contributed by atoms with Crippen LogP contribution in [0.3, 0.4) is 0 Å². The minimum Gasteiger partial charge on any atom is -0.393 e.